The van der Waals surface area contributed by atoms with Gasteiger partial charge in [-0.15, -0.1) is 0 Å². The first kappa shape index (κ1) is 32.6. The lowest BCUT2D eigenvalue weighted by Crippen LogP contribution is -2.44. The molecule has 2 bridgehead atoms. The lowest BCUT2D eigenvalue weighted by Gasteiger charge is -2.43. The Morgan fingerprint density at radius 2 is 2.00 bits per heavy atom. The minimum atomic E-state index is -2.07. The van der Waals surface area contributed by atoms with Gasteiger partial charge in [0.2, 0.25) is 0 Å². The number of esters is 1. The van der Waals surface area contributed by atoms with Gasteiger partial charge < -0.3 is 14.4 Å². The van der Waals surface area contributed by atoms with Crippen molar-refractivity contribution < 1.29 is 23.3 Å². The minimum absolute atomic E-state index is 0.0633. The predicted molar refractivity (Wildman–Crippen MR) is 177 cm³/mol. The summed E-state index contributed by atoms with van der Waals surface area (Å²) in [4.78, 5) is 28.4. The molecule has 3 aliphatic rings. The van der Waals surface area contributed by atoms with Crippen LogP contribution in [0.3, 0.4) is 0 Å². The number of amides is 1. The smallest absolute Gasteiger partial charge is 0.306 e. The Balaban J connectivity index is 1.57. The zero-order valence-electron chi connectivity index (χ0n) is 26.0. The van der Waals surface area contributed by atoms with Gasteiger partial charge in [-0.2, -0.15) is 4.36 Å². The largest absolute Gasteiger partial charge is 0.491 e. The summed E-state index contributed by atoms with van der Waals surface area (Å²) in [5, 5.41) is 0.720. The van der Waals surface area contributed by atoms with Crippen molar-refractivity contribution in [2.24, 2.45) is 28.0 Å². The lowest BCUT2D eigenvalue weighted by molar-refractivity contribution is -0.152. The second-order valence-corrected chi connectivity index (χ2v) is 14.8. The summed E-state index contributed by atoms with van der Waals surface area (Å²) in [6.45, 7) is 7.92. The number of nitrogens with zero attached hydrogens (tertiary/aromatic N) is 2. The molecule has 5 rings (SSSR count). The first-order chi connectivity index (χ1) is 21.2. The van der Waals surface area contributed by atoms with Crippen LogP contribution in [0.1, 0.15) is 80.8 Å². The molecule has 1 saturated carbocycles. The van der Waals surface area contributed by atoms with E-state index in [-0.39, 0.29) is 35.7 Å². The van der Waals surface area contributed by atoms with E-state index in [0.717, 1.165) is 42.8 Å². The molecule has 1 unspecified atom stereocenters. The van der Waals surface area contributed by atoms with Crippen molar-refractivity contribution in [2.75, 3.05) is 23.8 Å². The number of allylic oxidation sites excluding steroid dienone is 1. The third-order valence-corrected chi connectivity index (χ3v) is 10.5. The number of carbonyl (C=O) groups is 2. The quantitative estimate of drug-likeness (QED) is 0.213. The lowest BCUT2D eigenvalue weighted by atomic mass is 9.70. The molecule has 2 heterocycles. The zero-order valence-corrected chi connectivity index (χ0v) is 27.7. The van der Waals surface area contributed by atoms with Crippen molar-refractivity contribution in [1.82, 2.24) is 0 Å². The third-order valence-electron chi connectivity index (χ3n) is 8.90. The maximum absolute atomic E-state index is 13.2. The van der Waals surface area contributed by atoms with Crippen molar-refractivity contribution in [2.45, 2.75) is 78.4 Å². The summed E-state index contributed by atoms with van der Waals surface area (Å²) in [5.74, 6) is 1.12. The predicted octanol–water partition coefficient (Wildman–Crippen LogP) is 7.45. The van der Waals surface area contributed by atoms with Crippen molar-refractivity contribution in [3.05, 3.63) is 70.3 Å². The summed E-state index contributed by atoms with van der Waals surface area (Å²) in [6.07, 6.45) is 9.57. The van der Waals surface area contributed by atoms with Crippen molar-refractivity contribution >= 4 is 39.8 Å². The molecule has 44 heavy (non-hydrogen) atoms. The molecule has 0 aromatic heterocycles. The van der Waals surface area contributed by atoms with Gasteiger partial charge in [0, 0.05) is 52.4 Å². The molecule has 0 radical (unpaired) electrons. The second-order valence-electron chi connectivity index (χ2n) is 13.0. The molecule has 0 N–H and O–H groups in total. The van der Waals surface area contributed by atoms with E-state index in [1.807, 2.05) is 51.1 Å². The minimum Gasteiger partial charge on any atom is -0.491 e. The first-order valence-corrected chi connectivity index (χ1v) is 17.8. The number of halogens is 1. The number of thiol groups is 1. The van der Waals surface area contributed by atoms with Crippen molar-refractivity contribution in [1.29, 1.82) is 0 Å². The van der Waals surface area contributed by atoms with Crippen LogP contribution in [0.4, 0.5) is 5.69 Å². The summed E-state index contributed by atoms with van der Waals surface area (Å²) >= 11 is 6.43. The second kappa shape index (κ2) is 15.0. The van der Waals surface area contributed by atoms with Crippen LogP contribution in [0.2, 0.25) is 5.02 Å². The molecule has 1 aliphatic carbocycles. The van der Waals surface area contributed by atoms with E-state index in [1.54, 1.807) is 6.07 Å². The highest BCUT2D eigenvalue weighted by atomic mass is 35.5. The highest BCUT2D eigenvalue weighted by Crippen LogP contribution is 2.42. The van der Waals surface area contributed by atoms with Gasteiger partial charge in [-0.25, -0.2) is 0 Å². The summed E-state index contributed by atoms with van der Waals surface area (Å²) in [7, 11) is -2.07. The maximum atomic E-state index is 13.2. The van der Waals surface area contributed by atoms with E-state index in [2.05, 4.69) is 21.4 Å². The Bertz CT molecular complexity index is 1470. The molecular weight excluding hydrogens is 596 g/mol. The van der Waals surface area contributed by atoms with Crippen molar-refractivity contribution in [3.63, 3.8) is 0 Å². The van der Waals surface area contributed by atoms with Gasteiger partial charge in [0.05, 0.1) is 12.3 Å². The van der Waals surface area contributed by atoms with Crippen LogP contribution >= 0.6 is 11.6 Å². The van der Waals surface area contributed by atoms with Gasteiger partial charge in [0.1, 0.15) is 11.9 Å². The normalized spacial score (nSPS) is 27.3. The van der Waals surface area contributed by atoms with Gasteiger partial charge in [-0.1, -0.05) is 44.5 Å². The molecule has 0 spiro atoms. The zero-order chi connectivity index (χ0) is 31.2. The molecule has 9 heteroatoms. The monoisotopic (exact) mass is 640 g/mol. The van der Waals surface area contributed by atoms with Crippen LogP contribution < -0.4 is 9.64 Å². The van der Waals surface area contributed by atoms with Gasteiger partial charge in [-0.05, 0) is 104 Å². The molecular formula is C35H45ClN2O5S. The molecule has 5 atom stereocenters. The first-order valence-electron chi connectivity index (χ1n) is 16.0. The number of aryl methyl sites for hydroxylation is 1. The molecule has 1 amide bonds. The maximum Gasteiger partial charge on any atom is 0.306 e. The van der Waals surface area contributed by atoms with E-state index in [9.17, 15) is 13.8 Å². The molecule has 0 saturated heterocycles. The highest BCUT2D eigenvalue weighted by Gasteiger charge is 2.39. The van der Waals surface area contributed by atoms with Gasteiger partial charge in [0.15, 0.2) is 0 Å². The molecule has 238 valence electrons. The topological polar surface area (TPSA) is 85.3 Å². The Morgan fingerprint density at radius 1 is 1.16 bits per heavy atom. The van der Waals surface area contributed by atoms with Gasteiger partial charge >= 0.3 is 5.97 Å². The van der Waals surface area contributed by atoms with E-state index >= 15 is 0 Å². The number of rotatable bonds is 3. The van der Waals surface area contributed by atoms with Crippen LogP contribution in [0.25, 0.3) is 0 Å². The fraction of sp³-hybridized carbons (Fsp3) is 0.543. The number of hydrogen-bond donors (Lipinski definition) is 1. The SMILES string of the molecule is CC(C)CC(=O)O[C@H]1/C=C/C[C@H](C)C/[SH](=O)=N\C(=O)c2ccc3c(c2)N(Cc2ccc(Cl)cc2CCCCO3)C[C@@H]2CC[C@H]21. The summed E-state index contributed by atoms with van der Waals surface area (Å²) < 4.78 is 29.4. The number of fused-ring (bicyclic) bond motifs is 3. The van der Waals surface area contributed by atoms with Crippen molar-refractivity contribution in [3.8, 4) is 5.75 Å². The number of anilines is 1. The average Bonchev–Trinajstić information content (AvgIpc) is 2.97. The van der Waals surface area contributed by atoms with E-state index in [4.69, 9.17) is 21.1 Å². The Labute approximate surface area is 268 Å². The number of benzene rings is 2. The van der Waals surface area contributed by atoms with Crippen LogP contribution in [0.5, 0.6) is 5.75 Å². The van der Waals surface area contributed by atoms with E-state index in [1.165, 1.54) is 11.1 Å². The average molecular weight is 641 g/mol. The molecule has 2 aromatic rings. The Kier molecular flexibility index (Phi) is 11.1. The number of ether oxygens (including phenoxy) is 2. The molecule has 2 aliphatic heterocycles. The molecule has 1 fully saturated rings. The molecule has 7 nitrogen and oxygen atoms in total. The standard InChI is InChI=1S/C35H45ClN2O5S/c1-23(2)17-34(39)43-32-9-6-7-24(3)22-44(41)37-35(40)26-12-15-33-31(19-26)38(21-28-11-14-30(28)32)20-27-10-13-29(36)18-25(27)8-4-5-16-42-33/h6,9-10,12-13,15,18-19,23-24,28,30,32,44H,4-5,7-8,11,14,16-17,20-22H2,1-3H3/b9-6+/t24-,28-,30+,32-/m0/s1. The van der Waals surface area contributed by atoms with Crippen LogP contribution in [-0.2, 0) is 33.1 Å². The summed E-state index contributed by atoms with van der Waals surface area (Å²) in [6, 6.07) is 11.5. The van der Waals surface area contributed by atoms with Gasteiger partial charge in [0.25, 0.3) is 5.91 Å². The highest BCUT2D eigenvalue weighted by molar-refractivity contribution is 7.75. The fourth-order valence-electron chi connectivity index (χ4n) is 6.38. The number of carbonyl (C=O) groups excluding carboxylic acids is 2. The van der Waals surface area contributed by atoms with Crippen LogP contribution in [-0.4, -0.2) is 41.1 Å². The van der Waals surface area contributed by atoms with Crippen LogP contribution in [0, 0.1) is 23.7 Å². The van der Waals surface area contributed by atoms with Crippen LogP contribution in [0.15, 0.2) is 52.9 Å². The third kappa shape index (κ3) is 8.45. The van der Waals surface area contributed by atoms with Gasteiger partial charge in [-0.3, -0.25) is 13.8 Å². The summed E-state index contributed by atoms with van der Waals surface area (Å²) in [5.41, 5.74) is 3.62. The Morgan fingerprint density at radius 3 is 2.77 bits per heavy atom. The van der Waals surface area contributed by atoms with E-state index in [0.29, 0.717) is 49.6 Å². The Hall–Kier alpha value is -2.84. The fourth-order valence-corrected chi connectivity index (χ4v) is 7.66. The van der Waals surface area contributed by atoms with E-state index < -0.39 is 16.5 Å². The molecule has 2 aromatic carbocycles. The number of hydrogen-bond acceptors (Lipinski definition) is 6.